The summed E-state index contributed by atoms with van der Waals surface area (Å²) in [5.41, 5.74) is 3.32. The van der Waals surface area contributed by atoms with Crippen LogP contribution in [-0.4, -0.2) is 40.2 Å². The van der Waals surface area contributed by atoms with Gasteiger partial charge in [0.05, 0.1) is 26.8 Å². The van der Waals surface area contributed by atoms with Gasteiger partial charge in [0.2, 0.25) is 0 Å². The maximum atomic E-state index is 13.3. The van der Waals surface area contributed by atoms with Gasteiger partial charge in [-0.3, -0.25) is 9.78 Å². The van der Waals surface area contributed by atoms with Gasteiger partial charge in [0, 0.05) is 30.1 Å². The molecule has 3 N–H and O–H groups in total. The largest absolute Gasteiger partial charge is 0.505 e. The molecule has 0 unspecified atom stereocenters. The molecule has 1 aromatic heterocycles. The number of aromatic nitrogens is 1. The Morgan fingerprint density at radius 2 is 1.68 bits per heavy atom. The molecule has 5 rings (SSSR count). The molecule has 0 radical (unpaired) electrons. The highest BCUT2D eigenvalue weighted by Gasteiger charge is 2.33. The molecule has 1 heterocycles. The third-order valence-electron chi connectivity index (χ3n) is 7.56. The van der Waals surface area contributed by atoms with Crippen molar-refractivity contribution in [2.45, 2.75) is 70.9 Å². The molecular formula is C31H35Cl2N3O4. The van der Waals surface area contributed by atoms with Crippen molar-refractivity contribution in [2.24, 2.45) is 11.8 Å². The summed E-state index contributed by atoms with van der Waals surface area (Å²) in [6, 6.07) is 9.41. The standard InChI is InChI=1S/C31H35Cl2N3O4/c1-31(2,3)40-30(39)35-15-17-4-9-21(10-5-17)36-27-22-12-19(20-13-24(32)29(38)25(33)14-20)8-11-26(22)34-16-23(27)28(37)18-6-7-18/h8,11-14,16-18,21,38H,4-7,9-10,15H2,1-3H3,(H,34,36)(H,35,39). The van der Waals surface area contributed by atoms with E-state index >= 15 is 0 Å². The van der Waals surface area contributed by atoms with Crippen LogP contribution in [0.1, 0.15) is 69.7 Å². The van der Waals surface area contributed by atoms with E-state index in [4.69, 9.17) is 27.9 Å². The number of phenols is 1. The molecule has 0 spiro atoms. The van der Waals surface area contributed by atoms with E-state index in [9.17, 15) is 14.7 Å². The second kappa shape index (κ2) is 11.5. The number of phenolic OH excluding ortho intramolecular Hbond substituents is 1. The quantitative estimate of drug-likeness (QED) is 0.243. The number of aromatic hydroxyl groups is 1. The first-order chi connectivity index (χ1) is 19.0. The van der Waals surface area contributed by atoms with Crippen LogP contribution in [0.5, 0.6) is 5.75 Å². The molecule has 0 saturated heterocycles. The number of carbonyl (C=O) groups is 2. The Hall–Kier alpha value is -3.03. The zero-order chi connectivity index (χ0) is 28.6. The summed E-state index contributed by atoms with van der Waals surface area (Å²) < 4.78 is 5.36. The number of rotatable bonds is 7. The lowest BCUT2D eigenvalue weighted by molar-refractivity contribution is 0.0515. The predicted molar refractivity (Wildman–Crippen MR) is 160 cm³/mol. The van der Waals surface area contributed by atoms with Gasteiger partial charge in [-0.1, -0.05) is 29.3 Å². The molecular weight excluding hydrogens is 549 g/mol. The highest BCUT2D eigenvalue weighted by Crippen LogP contribution is 2.40. The van der Waals surface area contributed by atoms with Crippen LogP contribution in [0.25, 0.3) is 22.0 Å². The molecule has 0 atom stereocenters. The van der Waals surface area contributed by atoms with Crippen molar-refractivity contribution in [1.82, 2.24) is 10.3 Å². The van der Waals surface area contributed by atoms with Crippen molar-refractivity contribution in [3.05, 3.63) is 52.1 Å². The van der Waals surface area contributed by atoms with E-state index in [0.29, 0.717) is 18.0 Å². The maximum Gasteiger partial charge on any atom is 0.407 e. The van der Waals surface area contributed by atoms with Crippen LogP contribution >= 0.6 is 23.2 Å². The fourth-order valence-electron chi connectivity index (χ4n) is 5.27. The van der Waals surface area contributed by atoms with Crippen molar-refractivity contribution in [2.75, 3.05) is 11.9 Å². The Bertz CT molecular complexity index is 1420. The third kappa shape index (κ3) is 6.64. The number of carbonyl (C=O) groups excluding carboxylic acids is 2. The molecule has 40 heavy (non-hydrogen) atoms. The fraction of sp³-hybridized carbons (Fsp3) is 0.452. The number of anilines is 1. The van der Waals surface area contributed by atoms with Crippen LogP contribution < -0.4 is 10.6 Å². The van der Waals surface area contributed by atoms with Crippen molar-refractivity contribution in [3.8, 4) is 16.9 Å². The number of nitrogens with zero attached hydrogens (tertiary/aromatic N) is 1. The van der Waals surface area contributed by atoms with Crippen LogP contribution in [0, 0.1) is 11.8 Å². The van der Waals surface area contributed by atoms with Gasteiger partial charge in [-0.15, -0.1) is 0 Å². The second-order valence-corrected chi connectivity index (χ2v) is 12.8. The molecule has 9 heteroatoms. The highest BCUT2D eigenvalue weighted by atomic mass is 35.5. The maximum absolute atomic E-state index is 13.3. The number of alkyl carbamates (subject to hydrolysis) is 1. The molecule has 2 aromatic carbocycles. The minimum Gasteiger partial charge on any atom is -0.505 e. The smallest absolute Gasteiger partial charge is 0.407 e. The molecule has 0 aliphatic heterocycles. The Balaban J connectivity index is 1.37. The van der Waals surface area contributed by atoms with Crippen LogP contribution in [0.2, 0.25) is 10.0 Å². The van der Waals surface area contributed by atoms with Gasteiger partial charge in [-0.2, -0.15) is 0 Å². The molecule has 0 bridgehead atoms. The molecule has 2 aliphatic rings. The lowest BCUT2D eigenvalue weighted by Gasteiger charge is -2.31. The van der Waals surface area contributed by atoms with Crippen molar-refractivity contribution < 1.29 is 19.4 Å². The van der Waals surface area contributed by atoms with Gasteiger partial charge in [0.25, 0.3) is 0 Å². The van der Waals surface area contributed by atoms with Crippen molar-refractivity contribution in [3.63, 3.8) is 0 Å². The predicted octanol–water partition coefficient (Wildman–Crippen LogP) is 8.00. The number of ether oxygens (including phenoxy) is 1. The van der Waals surface area contributed by atoms with Gasteiger partial charge < -0.3 is 20.5 Å². The minimum absolute atomic E-state index is 0.0624. The highest BCUT2D eigenvalue weighted by molar-refractivity contribution is 6.37. The van der Waals surface area contributed by atoms with E-state index in [0.717, 1.165) is 66.2 Å². The molecule has 2 fully saturated rings. The lowest BCUT2D eigenvalue weighted by atomic mass is 9.85. The van der Waals surface area contributed by atoms with E-state index in [2.05, 4.69) is 15.6 Å². The number of Topliss-reactive ketones (excluding diaryl/α,β-unsaturated/α-hetero) is 1. The van der Waals surface area contributed by atoms with Crippen LogP contribution in [-0.2, 0) is 4.74 Å². The first-order valence-electron chi connectivity index (χ1n) is 13.9. The molecule has 212 valence electrons. The number of fused-ring (bicyclic) bond motifs is 1. The summed E-state index contributed by atoms with van der Waals surface area (Å²) in [7, 11) is 0. The summed E-state index contributed by atoms with van der Waals surface area (Å²) in [5.74, 6) is 0.426. The monoisotopic (exact) mass is 583 g/mol. The van der Waals surface area contributed by atoms with E-state index in [1.807, 2.05) is 39.0 Å². The molecule has 7 nitrogen and oxygen atoms in total. The van der Waals surface area contributed by atoms with Gasteiger partial charge in [0.15, 0.2) is 11.5 Å². The number of hydrogen-bond acceptors (Lipinski definition) is 6. The number of amides is 1. The summed E-state index contributed by atoms with van der Waals surface area (Å²) >= 11 is 12.4. The summed E-state index contributed by atoms with van der Waals surface area (Å²) in [6.45, 7) is 6.15. The SMILES string of the molecule is CC(C)(C)OC(=O)NCC1CCC(Nc2c(C(=O)C3CC3)cnc3ccc(-c4cc(Cl)c(O)c(Cl)c4)cc23)CC1. The number of halogens is 2. The fourth-order valence-corrected chi connectivity index (χ4v) is 5.76. The van der Waals surface area contributed by atoms with Crippen LogP contribution in [0.15, 0.2) is 36.5 Å². The number of benzene rings is 2. The van der Waals surface area contributed by atoms with Crippen molar-refractivity contribution in [1.29, 1.82) is 0 Å². The first-order valence-corrected chi connectivity index (χ1v) is 14.6. The summed E-state index contributed by atoms with van der Waals surface area (Å²) in [5, 5.41) is 17.8. The number of hydrogen-bond donors (Lipinski definition) is 3. The zero-order valence-electron chi connectivity index (χ0n) is 23.0. The number of ketones is 1. The third-order valence-corrected chi connectivity index (χ3v) is 8.14. The van der Waals surface area contributed by atoms with Crippen molar-refractivity contribution >= 4 is 51.7 Å². The molecule has 2 saturated carbocycles. The Morgan fingerprint density at radius 3 is 2.30 bits per heavy atom. The van der Waals surface area contributed by atoms with E-state index in [1.54, 1.807) is 18.3 Å². The molecule has 2 aliphatic carbocycles. The average Bonchev–Trinajstić information content (AvgIpc) is 3.75. The lowest BCUT2D eigenvalue weighted by Crippen LogP contribution is -2.37. The van der Waals surface area contributed by atoms with Gasteiger partial charge in [0.1, 0.15) is 5.60 Å². The molecule has 3 aromatic rings. The van der Waals surface area contributed by atoms with E-state index < -0.39 is 5.60 Å². The zero-order valence-corrected chi connectivity index (χ0v) is 24.5. The Labute approximate surface area is 244 Å². The topological polar surface area (TPSA) is 101 Å². The Kier molecular flexibility index (Phi) is 8.16. The summed E-state index contributed by atoms with van der Waals surface area (Å²) in [4.78, 5) is 30.0. The number of pyridine rings is 1. The normalized spacial score (nSPS) is 19.3. The van der Waals surface area contributed by atoms with Gasteiger partial charge >= 0.3 is 6.09 Å². The van der Waals surface area contributed by atoms with Gasteiger partial charge in [-0.05, 0) is 101 Å². The minimum atomic E-state index is -0.519. The Morgan fingerprint density at radius 1 is 1.00 bits per heavy atom. The van der Waals surface area contributed by atoms with E-state index in [1.165, 1.54) is 0 Å². The first kappa shape index (κ1) is 28.5. The second-order valence-electron chi connectivity index (χ2n) is 12.0. The van der Waals surface area contributed by atoms with Crippen LogP contribution in [0.4, 0.5) is 10.5 Å². The molecule has 1 amide bonds. The van der Waals surface area contributed by atoms with E-state index in [-0.39, 0.29) is 39.6 Å². The number of nitrogens with one attached hydrogen (secondary N) is 2. The summed E-state index contributed by atoms with van der Waals surface area (Å²) in [6.07, 6.45) is 6.90. The average molecular weight is 585 g/mol. The van der Waals surface area contributed by atoms with Crippen LogP contribution in [0.3, 0.4) is 0 Å². The van der Waals surface area contributed by atoms with Gasteiger partial charge in [-0.25, -0.2) is 4.79 Å².